The highest BCUT2D eigenvalue weighted by Gasteiger charge is 2.33. The normalized spacial score (nSPS) is 14.2. The van der Waals surface area contributed by atoms with Gasteiger partial charge in [0.25, 0.3) is 10.0 Å². The van der Waals surface area contributed by atoms with Gasteiger partial charge in [-0.15, -0.1) is 11.8 Å². The Morgan fingerprint density at radius 2 is 1.72 bits per heavy atom. The second-order valence-corrected chi connectivity index (χ2v) is 13.6. The summed E-state index contributed by atoms with van der Waals surface area (Å²) < 4.78 is 34.7. The maximum Gasteiger partial charge on any atom is 0.264 e. The molecule has 0 heterocycles. The minimum Gasteiger partial charge on any atom is -0.494 e. The van der Waals surface area contributed by atoms with Crippen LogP contribution in [0.2, 0.25) is 5.02 Å². The summed E-state index contributed by atoms with van der Waals surface area (Å²) in [7, 11) is -4.16. The zero-order valence-corrected chi connectivity index (χ0v) is 27.1. The molecule has 1 N–H and O–H groups in total. The standard InChI is InChI=1S/C32H38ClN3O5S2/c1-4-41-28-14-12-27(13-15-28)36(43(39,40)30-18-16-29(42-3)17-19-30)22-31(37)35(21-24-8-7-9-25(33)20-24)23(2)32(38)34-26-10-5-6-11-26/h7-9,12-20,23,26H,4-6,10-11,21-22H2,1-3H3,(H,34,38)/t23-/m0/s1. The molecule has 0 radical (unpaired) electrons. The fraction of sp³-hybridized carbons (Fsp3) is 0.375. The molecule has 230 valence electrons. The molecule has 1 saturated carbocycles. The third-order valence-corrected chi connectivity index (χ3v) is 10.2. The lowest BCUT2D eigenvalue weighted by molar-refractivity contribution is -0.139. The van der Waals surface area contributed by atoms with Crippen molar-refractivity contribution in [3.8, 4) is 5.75 Å². The molecule has 0 aliphatic heterocycles. The second-order valence-electron chi connectivity index (χ2n) is 10.4. The van der Waals surface area contributed by atoms with E-state index in [0.29, 0.717) is 23.1 Å². The van der Waals surface area contributed by atoms with E-state index in [2.05, 4.69) is 5.32 Å². The van der Waals surface area contributed by atoms with Crippen molar-refractivity contribution in [2.45, 2.75) is 68.0 Å². The Balaban J connectivity index is 1.69. The molecule has 2 amide bonds. The van der Waals surface area contributed by atoms with Gasteiger partial charge in [-0.3, -0.25) is 13.9 Å². The number of nitrogens with zero attached hydrogens (tertiary/aromatic N) is 2. The summed E-state index contributed by atoms with van der Waals surface area (Å²) >= 11 is 7.73. The fourth-order valence-corrected chi connectivity index (χ4v) is 7.12. The number of thioether (sulfide) groups is 1. The fourth-order valence-electron chi connectivity index (χ4n) is 5.09. The lowest BCUT2D eigenvalue weighted by Gasteiger charge is -2.32. The summed E-state index contributed by atoms with van der Waals surface area (Å²) in [4.78, 5) is 29.9. The summed E-state index contributed by atoms with van der Waals surface area (Å²) in [5.74, 6) is -0.211. The largest absolute Gasteiger partial charge is 0.494 e. The number of rotatable bonds is 13. The zero-order chi connectivity index (χ0) is 31.0. The maximum atomic E-state index is 14.1. The Hall–Kier alpha value is -3.21. The summed E-state index contributed by atoms with van der Waals surface area (Å²) in [5, 5.41) is 3.57. The average molecular weight is 644 g/mol. The molecule has 4 rings (SSSR count). The number of hydrogen-bond donors (Lipinski definition) is 1. The Morgan fingerprint density at radius 3 is 2.33 bits per heavy atom. The summed E-state index contributed by atoms with van der Waals surface area (Å²) in [6.07, 6.45) is 5.82. The zero-order valence-electron chi connectivity index (χ0n) is 24.7. The SMILES string of the molecule is CCOc1ccc(N(CC(=O)N(Cc2cccc(Cl)c2)[C@@H](C)C(=O)NC2CCCC2)S(=O)(=O)c2ccc(SC)cc2)cc1. The first-order chi connectivity index (χ1) is 20.6. The van der Waals surface area contributed by atoms with Crippen LogP contribution in [0, 0.1) is 0 Å². The Morgan fingerprint density at radius 1 is 1.05 bits per heavy atom. The number of carbonyl (C=O) groups excluding carboxylic acids is 2. The molecule has 0 bridgehead atoms. The molecule has 0 spiro atoms. The highest BCUT2D eigenvalue weighted by molar-refractivity contribution is 7.98. The van der Waals surface area contributed by atoms with Gasteiger partial charge >= 0.3 is 0 Å². The maximum absolute atomic E-state index is 14.1. The predicted molar refractivity (Wildman–Crippen MR) is 172 cm³/mol. The van der Waals surface area contributed by atoms with Crippen LogP contribution < -0.4 is 14.4 Å². The van der Waals surface area contributed by atoms with Crippen molar-refractivity contribution in [3.63, 3.8) is 0 Å². The minimum atomic E-state index is -4.16. The topological polar surface area (TPSA) is 96.0 Å². The van der Waals surface area contributed by atoms with Gasteiger partial charge in [0.2, 0.25) is 11.8 Å². The van der Waals surface area contributed by atoms with Crippen LogP contribution in [0.15, 0.2) is 82.6 Å². The molecule has 3 aromatic rings. The van der Waals surface area contributed by atoms with Gasteiger partial charge in [0.05, 0.1) is 17.2 Å². The van der Waals surface area contributed by atoms with Crippen LogP contribution in [0.4, 0.5) is 5.69 Å². The van der Waals surface area contributed by atoms with Crippen LogP contribution in [0.1, 0.15) is 45.1 Å². The van der Waals surface area contributed by atoms with Crippen molar-refractivity contribution >= 4 is 50.9 Å². The molecule has 1 aliphatic carbocycles. The number of sulfonamides is 1. The number of hydrogen-bond acceptors (Lipinski definition) is 6. The second kappa shape index (κ2) is 15.0. The number of benzene rings is 3. The Kier molecular flexibility index (Phi) is 11.4. The molecular formula is C32H38ClN3O5S2. The van der Waals surface area contributed by atoms with E-state index in [1.165, 1.54) is 28.8 Å². The number of anilines is 1. The van der Waals surface area contributed by atoms with Crippen LogP contribution in [0.3, 0.4) is 0 Å². The smallest absolute Gasteiger partial charge is 0.264 e. The van der Waals surface area contributed by atoms with Gasteiger partial charge in [-0.05, 0) is 99.2 Å². The quantitative estimate of drug-likeness (QED) is 0.225. The lowest BCUT2D eigenvalue weighted by Crippen LogP contribution is -2.52. The van der Waals surface area contributed by atoms with E-state index in [4.69, 9.17) is 16.3 Å². The molecule has 0 saturated heterocycles. The summed E-state index contributed by atoms with van der Waals surface area (Å²) in [5.41, 5.74) is 1.03. The van der Waals surface area contributed by atoms with Gasteiger partial charge in [-0.1, -0.05) is 36.6 Å². The van der Waals surface area contributed by atoms with Crippen LogP contribution in [0.25, 0.3) is 0 Å². The van der Waals surface area contributed by atoms with Crippen molar-refractivity contribution in [1.29, 1.82) is 0 Å². The molecule has 3 aromatic carbocycles. The number of amides is 2. The first-order valence-corrected chi connectivity index (χ1v) is 17.4. The van der Waals surface area contributed by atoms with Gasteiger partial charge in [-0.25, -0.2) is 8.42 Å². The van der Waals surface area contributed by atoms with E-state index in [-0.39, 0.29) is 23.4 Å². The average Bonchev–Trinajstić information content (AvgIpc) is 3.52. The Labute approximate surface area is 263 Å². The molecule has 0 unspecified atom stereocenters. The van der Waals surface area contributed by atoms with E-state index >= 15 is 0 Å². The van der Waals surface area contributed by atoms with E-state index in [1.807, 2.05) is 19.2 Å². The summed E-state index contributed by atoms with van der Waals surface area (Å²) in [6, 6.07) is 19.4. The number of nitrogens with one attached hydrogen (secondary N) is 1. The van der Waals surface area contributed by atoms with Crippen molar-refractivity contribution in [3.05, 3.63) is 83.4 Å². The van der Waals surface area contributed by atoms with Gasteiger partial charge in [-0.2, -0.15) is 0 Å². The van der Waals surface area contributed by atoms with Crippen molar-refractivity contribution in [2.24, 2.45) is 0 Å². The van der Waals surface area contributed by atoms with E-state index < -0.39 is 28.5 Å². The number of carbonyl (C=O) groups is 2. The lowest BCUT2D eigenvalue weighted by atomic mass is 10.1. The van der Waals surface area contributed by atoms with Crippen LogP contribution >= 0.6 is 23.4 Å². The molecular weight excluding hydrogens is 606 g/mol. The molecule has 1 atom stereocenters. The molecule has 1 fully saturated rings. The molecule has 1 aliphatic rings. The Bertz CT molecular complexity index is 1490. The van der Waals surface area contributed by atoms with E-state index in [9.17, 15) is 18.0 Å². The van der Waals surface area contributed by atoms with Crippen molar-refractivity contribution in [2.75, 3.05) is 23.7 Å². The first-order valence-electron chi connectivity index (χ1n) is 14.4. The van der Waals surface area contributed by atoms with Crippen LogP contribution in [-0.2, 0) is 26.2 Å². The number of halogens is 1. The number of ether oxygens (including phenoxy) is 1. The highest BCUT2D eigenvalue weighted by atomic mass is 35.5. The molecule has 11 heteroatoms. The van der Waals surface area contributed by atoms with E-state index in [0.717, 1.165) is 40.4 Å². The third kappa shape index (κ3) is 8.46. The van der Waals surface area contributed by atoms with Crippen LogP contribution in [0.5, 0.6) is 5.75 Å². The van der Waals surface area contributed by atoms with Gasteiger partial charge in [0, 0.05) is 22.5 Å². The minimum absolute atomic E-state index is 0.0559. The van der Waals surface area contributed by atoms with Crippen molar-refractivity contribution in [1.82, 2.24) is 10.2 Å². The monoisotopic (exact) mass is 643 g/mol. The third-order valence-electron chi connectivity index (χ3n) is 7.47. The van der Waals surface area contributed by atoms with Gasteiger partial charge in [0.15, 0.2) is 0 Å². The first kappa shape index (κ1) is 32.7. The van der Waals surface area contributed by atoms with E-state index in [1.54, 1.807) is 61.5 Å². The van der Waals surface area contributed by atoms with Crippen LogP contribution in [-0.4, -0.2) is 56.6 Å². The molecule has 8 nitrogen and oxygen atoms in total. The van der Waals surface area contributed by atoms with Gasteiger partial charge < -0.3 is 15.0 Å². The molecule has 0 aromatic heterocycles. The molecule has 43 heavy (non-hydrogen) atoms. The highest BCUT2D eigenvalue weighted by Crippen LogP contribution is 2.28. The summed E-state index contributed by atoms with van der Waals surface area (Å²) in [6.45, 7) is 3.56. The van der Waals surface area contributed by atoms with Gasteiger partial charge in [0.1, 0.15) is 18.3 Å². The predicted octanol–water partition coefficient (Wildman–Crippen LogP) is 6.13. The van der Waals surface area contributed by atoms with Crippen molar-refractivity contribution < 1.29 is 22.7 Å².